The van der Waals surface area contributed by atoms with Crippen molar-refractivity contribution in [1.82, 2.24) is 19.7 Å². The largest absolute Gasteiger partial charge is 0.332 e. The van der Waals surface area contributed by atoms with Crippen molar-refractivity contribution in [2.75, 3.05) is 4.72 Å². The zero-order chi connectivity index (χ0) is 13.5. The van der Waals surface area contributed by atoms with Gasteiger partial charge in [0.1, 0.15) is 5.82 Å². The summed E-state index contributed by atoms with van der Waals surface area (Å²) in [5, 5.41) is 4.20. The van der Waals surface area contributed by atoms with Crippen LogP contribution in [0.3, 0.4) is 0 Å². The lowest BCUT2D eigenvalue weighted by atomic mass is 10.3. The zero-order valence-corrected chi connectivity index (χ0v) is 11.5. The van der Waals surface area contributed by atoms with Crippen LogP contribution in [0.15, 0.2) is 11.2 Å². The van der Waals surface area contributed by atoms with Gasteiger partial charge in [-0.2, -0.15) is 13.5 Å². The number of aryl methyl sites for hydroxylation is 3. The summed E-state index contributed by atoms with van der Waals surface area (Å²) in [7, 11) is -1.88. The third kappa shape index (κ3) is 2.10. The molecule has 0 atom stereocenters. The highest BCUT2D eigenvalue weighted by Crippen LogP contribution is 2.21. The van der Waals surface area contributed by atoms with Crippen LogP contribution in [0.25, 0.3) is 0 Å². The summed E-state index contributed by atoms with van der Waals surface area (Å²) in [6.07, 6.45) is 1.29. The van der Waals surface area contributed by atoms with E-state index in [2.05, 4.69) is 19.8 Å². The van der Waals surface area contributed by atoms with E-state index in [4.69, 9.17) is 0 Å². The van der Waals surface area contributed by atoms with Crippen LogP contribution in [0.1, 0.15) is 17.2 Å². The molecule has 0 aliphatic heterocycles. The van der Waals surface area contributed by atoms with E-state index in [1.54, 1.807) is 32.5 Å². The molecular weight excluding hydrogens is 254 g/mol. The van der Waals surface area contributed by atoms with Gasteiger partial charge in [-0.15, -0.1) is 0 Å². The molecule has 0 saturated carbocycles. The highest BCUT2D eigenvalue weighted by atomic mass is 32.2. The lowest BCUT2D eigenvalue weighted by Gasteiger charge is -2.06. The number of nitrogens with one attached hydrogen (secondary N) is 2. The first-order valence-electron chi connectivity index (χ1n) is 5.36. The lowest BCUT2D eigenvalue weighted by Crippen LogP contribution is -2.14. The first-order chi connectivity index (χ1) is 8.31. The van der Waals surface area contributed by atoms with Gasteiger partial charge >= 0.3 is 0 Å². The molecule has 0 amide bonds. The highest BCUT2D eigenvalue weighted by Gasteiger charge is 2.20. The van der Waals surface area contributed by atoms with Crippen LogP contribution < -0.4 is 4.72 Å². The van der Waals surface area contributed by atoms with E-state index < -0.39 is 10.0 Å². The van der Waals surface area contributed by atoms with Gasteiger partial charge in [0, 0.05) is 7.05 Å². The first-order valence-corrected chi connectivity index (χ1v) is 6.84. The maximum absolute atomic E-state index is 12.1. The fourth-order valence-electron chi connectivity index (χ4n) is 1.65. The molecule has 2 aromatic rings. The van der Waals surface area contributed by atoms with Gasteiger partial charge in [-0.3, -0.25) is 9.40 Å². The number of rotatable bonds is 3. The van der Waals surface area contributed by atoms with E-state index in [1.165, 1.54) is 6.20 Å². The van der Waals surface area contributed by atoms with Crippen molar-refractivity contribution in [2.45, 2.75) is 25.8 Å². The number of H-pyrrole nitrogens is 1. The van der Waals surface area contributed by atoms with Crippen LogP contribution in [0.4, 0.5) is 5.69 Å². The van der Waals surface area contributed by atoms with Gasteiger partial charge < -0.3 is 4.98 Å². The Labute approximate surface area is 105 Å². The molecule has 0 bridgehead atoms. The van der Waals surface area contributed by atoms with Crippen LogP contribution in [-0.2, 0) is 17.1 Å². The van der Waals surface area contributed by atoms with Crippen LogP contribution in [0.5, 0.6) is 0 Å². The van der Waals surface area contributed by atoms with Crippen LogP contribution in [-0.4, -0.2) is 28.2 Å². The van der Waals surface area contributed by atoms with Crippen molar-refractivity contribution in [1.29, 1.82) is 0 Å². The molecule has 8 heteroatoms. The molecule has 2 rings (SSSR count). The Kier molecular flexibility index (Phi) is 2.89. The standard InChI is InChI=1S/C10H15N5O2S/c1-6-10(7(2)15(4)13-6)14-18(16,17)9-5-11-8(3)12-9/h5,14H,1-4H3,(H,11,12). The molecule has 0 aliphatic rings. The fraction of sp³-hybridized carbons (Fsp3) is 0.400. The van der Waals surface area contributed by atoms with Crippen molar-refractivity contribution < 1.29 is 8.42 Å². The van der Waals surface area contributed by atoms with Crippen LogP contribution in [0.2, 0.25) is 0 Å². The fourth-order valence-corrected chi connectivity index (χ4v) is 2.79. The molecule has 0 unspecified atom stereocenters. The van der Waals surface area contributed by atoms with Gasteiger partial charge in [0.15, 0.2) is 5.03 Å². The minimum atomic E-state index is -3.65. The summed E-state index contributed by atoms with van der Waals surface area (Å²) < 4.78 is 28.4. The molecule has 0 spiro atoms. The molecule has 2 N–H and O–H groups in total. The summed E-state index contributed by atoms with van der Waals surface area (Å²) in [4.78, 5) is 6.57. The third-order valence-electron chi connectivity index (χ3n) is 2.71. The third-order valence-corrected chi connectivity index (χ3v) is 3.97. The minimum Gasteiger partial charge on any atom is -0.332 e. The van der Waals surface area contributed by atoms with Gasteiger partial charge in [0.25, 0.3) is 10.0 Å². The van der Waals surface area contributed by atoms with Gasteiger partial charge in [-0.05, 0) is 20.8 Å². The van der Waals surface area contributed by atoms with Gasteiger partial charge in [0.2, 0.25) is 0 Å². The Bertz CT molecular complexity index is 683. The number of sulfonamides is 1. The van der Waals surface area contributed by atoms with E-state index in [0.717, 1.165) is 5.69 Å². The van der Waals surface area contributed by atoms with Crippen LogP contribution in [0, 0.1) is 20.8 Å². The van der Waals surface area contributed by atoms with Crippen molar-refractivity contribution in [3.05, 3.63) is 23.4 Å². The predicted molar refractivity (Wildman–Crippen MR) is 66.8 cm³/mol. The normalized spacial score (nSPS) is 11.8. The average molecular weight is 269 g/mol. The number of imidazole rings is 1. The maximum Gasteiger partial charge on any atom is 0.279 e. The summed E-state index contributed by atoms with van der Waals surface area (Å²) in [6, 6.07) is 0. The summed E-state index contributed by atoms with van der Waals surface area (Å²) in [6.45, 7) is 5.25. The second kappa shape index (κ2) is 4.13. The maximum atomic E-state index is 12.1. The molecule has 7 nitrogen and oxygen atoms in total. The van der Waals surface area contributed by atoms with E-state index >= 15 is 0 Å². The first kappa shape index (κ1) is 12.6. The monoisotopic (exact) mass is 269 g/mol. The number of aromatic nitrogens is 4. The summed E-state index contributed by atoms with van der Waals surface area (Å²) in [5.74, 6) is 0.551. The molecule has 2 heterocycles. The highest BCUT2D eigenvalue weighted by molar-refractivity contribution is 7.92. The summed E-state index contributed by atoms with van der Waals surface area (Å²) in [5.41, 5.74) is 1.90. The quantitative estimate of drug-likeness (QED) is 0.864. The number of aromatic amines is 1. The SMILES string of the molecule is Cc1ncc(S(=O)(=O)Nc2c(C)nn(C)c2C)[nH]1. The van der Waals surface area contributed by atoms with Gasteiger partial charge in [0.05, 0.1) is 23.3 Å². The molecule has 18 heavy (non-hydrogen) atoms. The van der Waals surface area contributed by atoms with E-state index in [9.17, 15) is 8.42 Å². The number of anilines is 1. The molecule has 0 aromatic carbocycles. The number of hydrogen-bond donors (Lipinski definition) is 2. The van der Waals surface area contributed by atoms with Gasteiger partial charge in [-0.25, -0.2) is 4.98 Å². The van der Waals surface area contributed by atoms with Crippen molar-refractivity contribution in [2.24, 2.45) is 7.05 Å². The lowest BCUT2D eigenvalue weighted by molar-refractivity contribution is 0.598. The van der Waals surface area contributed by atoms with E-state index in [-0.39, 0.29) is 5.03 Å². The van der Waals surface area contributed by atoms with E-state index in [0.29, 0.717) is 17.2 Å². The van der Waals surface area contributed by atoms with E-state index in [1.807, 2.05) is 0 Å². The second-order valence-electron chi connectivity index (χ2n) is 4.11. The Morgan fingerprint density at radius 1 is 1.33 bits per heavy atom. The van der Waals surface area contributed by atoms with Crippen molar-refractivity contribution in [3.63, 3.8) is 0 Å². The Hall–Kier alpha value is -1.83. The molecule has 0 fully saturated rings. The van der Waals surface area contributed by atoms with Crippen LogP contribution >= 0.6 is 0 Å². The topological polar surface area (TPSA) is 92.7 Å². The molecular formula is C10H15N5O2S. The zero-order valence-electron chi connectivity index (χ0n) is 10.6. The number of nitrogens with zero attached hydrogens (tertiary/aromatic N) is 3. The second-order valence-corrected chi connectivity index (χ2v) is 5.76. The average Bonchev–Trinajstić information content (AvgIpc) is 2.80. The molecule has 0 aliphatic carbocycles. The molecule has 0 saturated heterocycles. The Balaban J connectivity index is 2.39. The number of hydrogen-bond acceptors (Lipinski definition) is 4. The minimum absolute atomic E-state index is 0.0441. The van der Waals surface area contributed by atoms with Crippen molar-refractivity contribution >= 4 is 15.7 Å². The van der Waals surface area contributed by atoms with Gasteiger partial charge in [-0.1, -0.05) is 0 Å². The Morgan fingerprint density at radius 2 is 2.00 bits per heavy atom. The van der Waals surface area contributed by atoms with Crippen molar-refractivity contribution in [3.8, 4) is 0 Å². The molecule has 98 valence electrons. The Morgan fingerprint density at radius 3 is 2.44 bits per heavy atom. The smallest absolute Gasteiger partial charge is 0.279 e. The molecule has 2 aromatic heterocycles. The predicted octanol–water partition coefficient (Wildman–Crippen LogP) is 0.869. The molecule has 0 radical (unpaired) electrons. The summed E-state index contributed by atoms with van der Waals surface area (Å²) >= 11 is 0.